The van der Waals surface area contributed by atoms with Crippen molar-refractivity contribution in [2.24, 2.45) is 0 Å². The Labute approximate surface area is 146 Å². The van der Waals surface area contributed by atoms with Gasteiger partial charge in [0.25, 0.3) is 5.91 Å². The van der Waals surface area contributed by atoms with E-state index >= 15 is 0 Å². The van der Waals surface area contributed by atoms with Gasteiger partial charge in [0.1, 0.15) is 11.6 Å². The zero-order valence-electron chi connectivity index (χ0n) is 14.0. The highest BCUT2D eigenvalue weighted by Gasteiger charge is 2.15. The van der Waals surface area contributed by atoms with Crippen LogP contribution in [0.15, 0.2) is 36.9 Å². The number of hydrogen-bond donors (Lipinski definition) is 2. The third-order valence-electron chi connectivity index (χ3n) is 4.15. The van der Waals surface area contributed by atoms with Gasteiger partial charge in [-0.2, -0.15) is 0 Å². The van der Waals surface area contributed by atoms with E-state index < -0.39 is 0 Å². The first-order valence-electron chi connectivity index (χ1n) is 8.40. The van der Waals surface area contributed by atoms with Crippen LogP contribution in [0.1, 0.15) is 34.8 Å². The molecule has 7 nitrogen and oxygen atoms in total. The van der Waals surface area contributed by atoms with Gasteiger partial charge >= 0.3 is 0 Å². The summed E-state index contributed by atoms with van der Waals surface area (Å²) in [4.78, 5) is 23.6. The van der Waals surface area contributed by atoms with Crippen molar-refractivity contribution >= 4 is 17.5 Å². The standard InChI is InChI=1S/C18H21N5O2/c1-2-17(24)20-14-7-5-6-13(12-14)18(25)19-10-9-16-22-21-15-8-3-4-11-23(15)16/h2,5-7,12H,1,3-4,8-11H2,(H,19,25)(H,20,24). The molecule has 2 aromatic rings. The average Bonchev–Trinajstić information content (AvgIpc) is 3.05. The van der Waals surface area contributed by atoms with Crippen LogP contribution >= 0.6 is 0 Å². The molecule has 3 rings (SSSR count). The molecule has 1 aliphatic heterocycles. The zero-order valence-corrected chi connectivity index (χ0v) is 14.0. The number of carbonyl (C=O) groups excluding carboxylic acids is 2. The van der Waals surface area contributed by atoms with Gasteiger partial charge in [0, 0.05) is 37.2 Å². The number of nitrogens with zero attached hydrogens (tertiary/aromatic N) is 3. The van der Waals surface area contributed by atoms with Crippen molar-refractivity contribution in [3.8, 4) is 0 Å². The molecule has 0 spiro atoms. The van der Waals surface area contributed by atoms with Crippen molar-refractivity contribution in [3.05, 3.63) is 54.1 Å². The highest BCUT2D eigenvalue weighted by atomic mass is 16.2. The van der Waals surface area contributed by atoms with E-state index in [1.807, 2.05) is 0 Å². The molecule has 2 amide bonds. The number of fused-ring (bicyclic) bond motifs is 1. The first-order chi connectivity index (χ1) is 12.2. The number of hydrogen-bond acceptors (Lipinski definition) is 4. The maximum Gasteiger partial charge on any atom is 0.251 e. The normalized spacial score (nSPS) is 13.0. The van der Waals surface area contributed by atoms with Gasteiger partial charge in [0.05, 0.1) is 0 Å². The molecule has 1 aliphatic rings. The second-order valence-corrected chi connectivity index (χ2v) is 5.92. The van der Waals surface area contributed by atoms with Crippen molar-refractivity contribution in [2.45, 2.75) is 32.2 Å². The fourth-order valence-corrected chi connectivity index (χ4v) is 2.87. The molecule has 0 atom stereocenters. The van der Waals surface area contributed by atoms with Crippen LogP contribution in [0.4, 0.5) is 5.69 Å². The average molecular weight is 339 g/mol. The highest BCUT2D eigenvalue weighted by Crippen LogP contribution is 2.14. The fourth-order valence-electron chi connectivity index (χ4n) is 2.87. The van der Waals surface area contributed by atoms with Crippen LogP contribution in [-0.2, 0) is 24.2 Å². The number of benzene rings is 1. The number of nitrogens with one attached hydrogen (secondary N) is 2. The highest BCUT2D eigenvalue weighted by molar-refractivity contribution is 6.00. The second-order valence-electron chi connectivity index (χ2n) is 5.92. The molecule has 0 saturated carbocycles. The van der Waals surface area contributed by atoms with Gasteiger partial charge in [-0.15, -0.1) is 10.2 Å². The van der Waals surface area contributed by atoms with Crippen molar-refractivity contribution in [1.82, 2.24) is 20.1 Å². The molecule has 0 radical (unpaired) electrons. The predicted molar refractivity (Wildman–Crippen MR) is 94.3 cm³/mol. The zero-order chi connectivity index (χ0) is 17.6. The lowest BCUT2D eigenvalue weighted by atomic mass is 10.1. The van der Waals surface area contributed by atoms with Crippen LogP contribution in [0.5, 0.6) is 0 Å². The SMILES string of the molecule is C=CC(=O)Nc1cccc(C(=O)NCCc2nnc3n2CCCC3)c1. The molecule has 25 heavy (non-hydrogen) atoms. The fraction of sp³-hybridized carbons (Fsp3) is 0.333. The smallest absolute Gasteiger partial charge is 0.251 e. The number of rotatable bonds is 6. The van der Waals surface area contributed by atoms with Gasteiger partial charge in [-0.05, 0) is 37.1 Å². The number of aromatic nitrogens is 3. The van der Waals surface area contributed by atoms with Gasteiger partial charge in [0.15, 0.2) is 0 Å². The van der Waals surface area contributed by atoms with Gasteiger partial charge in [0.2, 0.25) is 5.91 Å². The third kappa shape index (κ3) is 4.12. The summed E-state index contributed by atoms with van der Waals surface area (Å²) in [7, 11) is 0. The molecule has 0 fully saturated rings. The van der Waals surface area contributed by atoms with Crippen LogP contribution < -0.4 is 10.6 Å². The Balaban J connectivity index is 1.56. The quantitative estimate of drug-likeness (QED) is 0.784. The van der Waals surface area contributed by atoms with Crippen LogP contribution in [0.25, 0.3) is 0 Å². The third-order valence-corrected chi connectivity index (χ3v) is 4.15. The van der Waals surface area contributed by atoms with Gasteiger partial charge < -0.3 is 15.2 Å². The van der Waals surface area contributed by atoms with E-state index in [9.17, 15) is 9.59 Å². The lowest BCUT2D eigenvalue weighted by Crippen LogP contribution is -2.27. The van der Waals surface area contributed by atoms with Crippen LogP contribution in [0, 0.1) is 0 Å². The van der Waals surface area contributed by atoms with Gasteiger partial charge in [-0.3, -0.25) is 9.59 Å². The molecule has 0 saturated heterocycles. The lowest BCUT2D eigenvalue weighted by molar-refractivity contribution is -0.111. The largest absolute Gasteiger partial charge is 0.352 e. The van der Waals surface area contributed by atoms with E-state index in [1.54, 1.807) is 24.3 Å². The number of aryl methyl sites for hydroxylation is 1. The van der Waals surface area contributed by atoms with E-state index in [0.717, 1.165) is 37.5 Å². The van der Waals surface area contributed by atoms with Gasteiger partial charge in [-0.25, -0.2) is 0 Å². The molecule has 0 aliphatic carbocycles. The Morgan fingerprint density at radius 1 is 1.28 bits per heavy atom. The molecule has 0 unspecified atom stereocenters. The van der Waals surface area contributed by atoms with Crippen LogP contribution in [0.2, 0.25) is 0 Å². The summed E-state index contributed by atoms with van der Waals surface area (Å²) in [5.74, 6) is 1.46. The summed E-state index contributed by atoms with van der Waals surface area (Å²) in [6.45, 7) is 4.85. The molecule has 2 heterocycles. The topological polar surface area (TPSA) is 88.9 Å². The summed E-state index contributed by atoms with van der Waals surface area (Å²) in [6, 6.07) is 6.79. The summed E-state index contributed by atoms with van der Waals surface area (Å²) in [5.41, 5.74) is 1.05. The maximum atomic E-state index is 12.3. The van der Waals surface area contributed by atoms with E-state index in [1.165, 1.54) is 6.08 Å². The van der Waals surface area contributed by atoms with Crippen molar-refractivity contribution < 1.29 is 9.59 Å². The summed E-state index contributed by atoms with van der Waals surface area (Å²) in [6.07, 6.45) is 5.11. The lowest BCUT2D eigenvalue weighted by Gasteiger charge is -2.14. The first kappa shape index (κ1) is 16.9. The van der Waals surface area contributed by atoms with E-state index in [-0.39, 0.29) is 11.8 Å². The minimum absolute atomic E-state index is 0.187. The second kappa shape index (κ2) is 7.74. The molecule has 1 aromatic heterocycles. The van der Waals surface area contributed by atoms with Crippen LogP contribution in [-0.4, -0.2) is 33.1 Å². The number of anilines is 1. The van der Waals surface area contributed by atoms with Crippen molar-refractivity contribution in [1.29, 1.82) is 0 Å². The summed E-state index contributed by atoms with van der Waals surface area (Å²) < 4.78 is 2.15. The minimum atomic E-state index is -0.311. The monoisotopic (exact) mass is 339 g/mol. The number of carbonyl (C=O) groups is 2. The van der Waals surface area contributed by atoms with Crippen molar-refractivity contribution in [3.63, 3.8) is 0 Å². The summed E-state index contributed by atoms with van der Waals surface area (Å²) >= 11 is 0. The van der Waals surface area contributed by atoms with E-state index in [0.29, 0.717) is 24.2 Å². The Kier molecular flexibility index (Phi) is 5.23. The Morgan fingerprint density at radius 2 is 2.16 bits per heavy atom. The predicted octanol–water partition coefficient (Wildman–Crippen LogP) is 1.71. The molecule has 7 heteroatoms. The van der Waals surface area contributed by atoms with Crippen LogP contribution in [0.3, 0.4) is 0 Å². The maximum absolute atomic E-state index is 12.3. The summed E-state index contributed by atoms with van der Waals surface area (Å²) in [5, 5.41) is 14.0. The molecular weight excluding hydrogens is 318 g/mol. The van der Waals surface area contributed by atoms with Crippen molar-refractivity contribution in [2.75, 3.05) is 11.9 Å². The Bertz CT molecular complexity index is 797. The minimum Gasteiger partial charge on any atom is -0.352 e. The molecule has 130 valence electrons. The molecular formula is C18H21N5O2. The molecule has 0 bridgehead atoms. The van der Waals surface area contributed by atoms with E-state index in [4.69, 9.17) is 0 Å². The first-order valence-corrected chi connectivity index (χ1v) is 8.40. The Hall–Kier alpha value is -2.96. The van der Waals surface area contributed by atoms with E-state index in [2.05, 4.69) is 32.0 Å². The molecule has 2 N–H and O–H groups in total. The van der Waals surface area contributed by atoms with Gasteiger partial charge in [-0.1, -0.05) is 12.6 Å². The molecule has 1 aromatic carbocycles. The Morgan fingerprint density at radius 3 is 3.00 bits per heavy atom. The number of amides is 2.